The van der Waals surface area contributed by atoms with E-state index in [4.69, 9.17) is 9.84 Å². The van der Waals surface area contributed by atoms with Crippen LogP contribution in [0.25, 0.3) is 0 Å². The molecule has 1 N–H and O–H groups in total. The van der Waals surface area contributed by atoms with Gasteiger partial charge in [0, 0.05) is 6.54 Å². The summed E-state index contributed by atoms with van der Waals surface area (Å²) in [4.78, 5) is 14.2. The van der Waals surface area contributed by atoms with Gasteiger partial charge in [0.05, 0.1) is 18.2 Å². The van der Waals surface area contributed by atoms with E-state index in [1.807, 2.05) is 25.1 Å². The Kier molecular flexibility index (Phi) is 4.10. The van der Waals surface area contributed by atoms with Gasteiger partial charge in [-0.25, -0.2) is 0 Å². The van der Waals surface area contributed by atoms with E-state index in [1.165, 1.54) is 0 Å². The molecule has 1 aliphatic rings. The molecule has 19 heavy (non-hydrogen) atoms. The summed E-state index contributed by atoms with van der Waals surface area (Å²) in [6, 6.07) is 5.75. The molecular weight excluding hydrogens is 242 g/mol. The maximum absolute atomic E-state index is 12.5. The van der Waals surface area contributed by atoms with Crippen molar-refractivity contribution in [1.82, 2.24) is 4.90 Å². The molecular formula is C15H21NO3. The van der Waals surface area contributed by atoms with Crippen molar-refractivity contribution in [2.24, 2.45) is 0 Å². The van der Waals surface area contributed by atoms with E-state index >= 15 is 0 Å². The van der Waals surface area contributed by atoms with Crippen LogP contribution in [0.15, 0.2) is 18.2 Å². The number of hydrogen-bond donors (Lipinski definition) is 1. The molecule has 0 spiro atoms. The summed E-state index contributed by atoms with van der Waals surface area (Å²) < 4.78 is 5.70. The molecule has 0 saturated carbocycles. The highest BCUT2D eigenvalue weighted by molar-refractivity contribution is 5.97. The molecule has 1 atom stereocenters. The highest BCUT2D eigenvalue weighted by Crippen LogP contribution is 2.28. The molecule has 0 fully saturated rings. The third-order valence-electron chi connectivity index (χ3n) is 3.51. The Bertz CT molecular complexity index is 470. The van der Waals surface area contributed by atoms with Gasteiger partial charge in [0.1, 0.15) is 12.4 Å². The fraction of sp³-hybridized carbons (Fsp3) is 0.533. The summed E-state index contributed by atoms with van der Waals surface area (Å²) in [6.07, 6.45) is 0. The number of rotatable bonds is 3. The molecule has 104 valence electrons. The molecule has 1 aliphatic heterocycles. The van der Waals surface area contributed by atoms with Crippen molar-refractivity contribution in [1.29, 1.82) is 0 Å². The van der Waals surface area contributed by atoms with Gasteiger partial charge in [-0.3, -0.25) is 4.79 Å². The van der Waals surface area contributed by atoms with Gasteiger partial charge in [-0.05, 0) is 30.5 Å². The zero-order chi connectivity index (χ0) is 14.0. The summed E-state index contributed by atoms with van der Waals surface area (Å²) in [5.41, 5.74) is 1.72. The first-order valence-electron chi connectivity index (χ1n) is 6.73. The number of hydrogen-bond acceptors (Lipinski definition) is 3. The molecule has 0 unspecified atom stereocenters. The van der Waals surface area contributed by atoms with Crippen molar-refractivity contribution < 1.29 is 14.6 Å². The molecule has 0 saturated heterocycles. The molecule has 1 aromatic carbocycles. The number of amides is 1. The maximum atomic E-state index is 12.5. The van der Waals surface area contributed by atoms with E-state index in [0.29, 0.717) is 30.4 Å². The maximum Gasteiger partial charge on any atom is 0.258 e. The fourth-order valence-corrected chi connectivity index (χ4v) is 2.28. The zero-order valence-corrected chi connectivity index (χ0v) is 11.7. The largest absolute Gasteiger partial charge is 0.491 e. The number of β-amino-alcohol motifs (C(OH)–C–C–N with tert-alkyl or cyclic N) is 1. The minimum Gasteiger partial charge on any atom is -0.491 e. The SMILES string of the molecule is CC(C)c1ccc2c(c1)C(=O)N(CCO)[C@@H](C)CO2. The van der Waals surface area contributed by atoms with Gasteiger partial charge in [-0.1, -0.05) is 19.9 Å². The van der Waals surface area contributed by atoms with Gasteiger partial charge in [0.15, 0.2) is 0 Å². The average Bonchev–Trinajstić information content (AvgIpc) is 2.51. The minimum absolute atomic E-state index is 0.0325. The standard InChI is InChI=1S/C15H21NO3/c1-10(2)12-4-5-14-13(8-12)15(18)16(6-7-17)11(3)9-19-14/h4-5,8,10-11,17H,6-7,9H2,1-3H3/t11-/m0/s1. The molecule has 0 aliphatic carbocycles. The molecule has 0 aromatic heterocycles. The highest BCUT2D eigenvalue weighted by Gasteiger charge is 2.28. The lowest BCUT2D eigenvalue weighted by Gasteiger charge is -2.25. The number of benzene rings is 1. The van der Waals surface area contributed by atoms with Crippen LogP contribution >= 0.6 is 0 Å². The molecule has 2 rings (SSSR count). The lowest BCUT2D eigenvalue weighted by molar-refractivity contribution is 0.0629. The number of nitrogens with zero attached hydrogens (tertiary/aromatic N) is 1. The third-order valence-corrected chi connectivity index (χ3v) is 3.51. The average molecular weight is 263 g/mol. The van der Waals surface area contributed by atoms with Crippen molar-refractivity contribution in [3.8, 4) is 5.75 Å². The zero-order valence-electron chi connectivity index (χ0n) is 11.7. The van der Waals surface area contributed by atoms with E-state index < -0.39 is 0 Å². The van der Waals surface area contributed by atoms with Crippen molar-refractivity contribution >= 4 is 5.91 Å². The quantitative estimate of drug-likeness (QED) is 0.907. The number of aliphatic hydroxyl groups is 1. The van der Waals surface area contributed by atoms with Gasteiger partial charge >= 0.3 is 0 Å². The Morgan fingerprint density at radius 1 is 1.47 bits per heavy atom. The van der Waals surface area contributed by atoms with Crippen molar-refractivity contribution in [2.75, 3.05) is 19.8 Å². The van der Waals surface area contributed by atoms with Gasteiger partial charge in [0.25, 0.3) is 5.91 Å². The first kappa shape index (κ1) is 13.9. The Labute approximate surface area is 114 Å². The molecule has 0 bridgehead atoms. The molecule has 1 amide bonds. The normalized spacial score (nSPS) is 19.1. The van der Waals surface area contributed by atoms with Gasteiger partial charge in [-0.2, -0.15) is 0 Å². The van der Waals surface area contributed by atoms with E-state index in [1.54, 1.807) is 4.90 Å². The van der Waals surface area contributed by atoms with Crippen LogP contribution in [0.3, 0.4) is 0 Å². The summed E-state index contributed by atoms with van der Waals surface area (Å²) in [5.74, 6) is 0.948. The molecule has 1 heterocycles. The Balaban J connectivity index is 2.41. The predicted molar refractivity (Wildman–Crippen MR) is 73.6 cm³/mol. The Hall–Kier alpha value is -1.55. The second-order valence-electron chi connectivity index (χ2n) is 5.29. The van der Waals surface area contributed by atoms with Crippen LogP contribution in [0, 0.1) is 0 Å². The van der Waals surface area contributed by atoms with Crippen LogP contribution in [0.4, 0.5) is 0 Å². The summed E-state index contributed by atoms with van der Waals surface area (Å²) in [6.45, 7) is 6.89. The number of carbonyl (C=O) groups is 1. The van der Waals surface area contributed by atoms with E-state index in [0.717, 1.165) is 5.56 Å². The first-order valence-corrected chi connectivity index (χ1v) is 6.73. The fourth-order valence-electron chi connectivity index (χ4n) is 2.28. The Morgan fingerprint density at radius 3 is 2.84 bits per heavy atom. The van der Waals surface area contributed by atoms with Crippen LogP contribution < -0.4 is 4.74 Å². The van der Waals surface area contributed by atoms with Gasteiger partial charge in [-0.15, -0.1) is 0 Å². The lowest BCUT2D eigenvalue weighted by atomic mass is 9.99. The molecule has 4 heteroatoms. The summed E-state index contributed by atoms with van der Waals surface area (Å²) >= 11 is 0. The van der Waals surface area contributed by atoms with Crippen LogP contribution in [0.5, 0.6) is 5.75 Å². The van der Waals surface area contributed by atoms with Crippen LogP contribution in [0.1, 0.15) is 42.6 Å². The third kappa shape index (κ3) is 2.73. The summed E-state index contributed by atoms with van der Waals surface area (Å²) in [7, 11) is 0. The number of carbonyl (C=O) groups excluding carboxylic acids is 1. The van der Waals surface area contributed by atoms with E-state index in [-0.39, 0.29) is 18.6 Å². The van der Waals surface area contributed by atoms with E-state index in [2.05, 4.69) is 13.8 Å². The smallest absolute Gasteiger partial charge is 0.258 e. The van der Waals surface area contributed by atoms with Crippen molar-refractivity contribution in [3.05, 3.63) is 29.3 Å². The van der Waals surface area contributed by atoms with E-state index in [9.17, 15) is 4.79 Å². The second-order valence-corrected chi connectivity index (χ2v) is 5.29. The minimum atomic E-state index is -0.0587. The Morgan fingerprint density at radius 2 is 2.21 bits per heavy atom. The molecule has 4 nitrogen and oxygen atoms in total. The van der Waals surface area contributed by atoms with Gasteiger partial charge in [0.2, 0.25) is 0 Å². The van der Waals surface area contributed by atoms with Crippen LogP contribution in [-0.2, 0) is 0 Å². The molecule has 1 aromatic rings. The number of aliphatic hydroxyl groups excluding tert-OH is 1. The highest BCUT2D eigenvalue weighted by atomic mass is 16.5. The second kappa shape index (κ2) is 5.61. The predicted octanol–water partition coefficient (Wildman–Crippen LogP) is 2.03. The topological polar surface area (TPSA) is 49.8 Å². The summed E-state index contributed by atoms with van der Waals surface area (Å²) in [5, 5.41) is 9.10. The first-order chi connectivity index (χ1) is 9.04. The number of ether oxygens (including phenoxy) is 1. The van der Waals surface area contributed by atoms with Crippen LogP contribution in [-0.4, -0.2) is 41.7 Å². The van der Waals surface area contributed by atoms with Gasteiger partial charge < -0.3 is 14.7 Å². The number of fused-ring (bicyclic) bond motifs is 1. The van der Waals surface area contributed by atoms with Crippen molar-refractivity contribution in [3.63, 3.8) is 0 Å². The monoisotopic (exact) mass is 263 g/mol. The molecule has 0 radical (unpaired) electrons. The lowest BCUT2D eigenvalue weighted by Crippen LogP contribution is -2.41. The van der Waals surface area contributed by atoms with Crippen LogP contribution in [0.2, 0.25) is 0 Å². The van der Waals surface area contributed by atoms with Crippen molar-refractivity contribution in [2.45, 2.75) is 32.7 Å².